The van der Waals surface area contributed by atoms with Gasteiger partial charge in [-0.05, 0) is 49.9 Å². The number of benzene rings is 1. The number of carbonyl (C=O) groups is 1. The number of nitrogens with two attached hydrogens (primary N) is 1. The molecule has 1 amide bonds. The standard InChI is InChI=1S/C24H26N8OS/c1-14-5-7-16(8-6-14)18-11-27-23(28-18)17-4-3-9-32(13-17)19-12-26-21(22(25)33)24(29-19)30-20-10-15(2)31-34-20/h5-8,10-12,17H,3-4,9,13H2,1-2H3,(H2,25,33)(H,27,28)(H,29,30)/t17-/m0/s1. The predicted octanol–water partition coefficient (Wildman–Crippen LogP) is 4.17. The van der Waals surface area contributed by atoms with Gasteiger partial charge in [0.2, 0.25) is 0 Å². The molecule has 10 heteroatoms. The molecular formula is C24H26N8OS. The Morgan fingerprint density at radius 3 is 2.76 bits per heavy atom. The molecule has 0 saturated carbocycles. The normalized spacial score (nSPS) is 15.9. The molecule has 1 aromatic carbocycles. The van der Waals surface area contributed by atoms with Gasteiger partial charge in [0.1, 0.15) is 16.6 Å². The first-order chi connectivity index (χ1) is 16.5. The highest BCUT2D eigenvalue weighted by atomic mass is 32.1. The molecule has 1 aliphatic rings. The molecule has 3 aromatic heterocycles. The van der Waals surface area contributed by atoms with Crippen molar-refractivity contribution in [3.05, 3.63) is 65.5 Å². The number of carbonyl (C=O) groups excluding carboxylic acids is 1. The van der Waals surface area contributed by atoms with Crippen molar-refractivity contribution in [3.63, 3.8) is 0 Å². The zero-order valence-corrected chi connectivity index (χ0v) is 19.9. The van der Waals surface area contributed by atoms with E-state index in [-0.39, 0.29) is 11.6 Å². The first kappa shape index (κ1) is 22.0. The SMILES string of the molecule is Cc1ccc(-c2cnc([C@H]3CCCN(c4cnc(C(N)=O)c(Nc5cc(C)ns5)n4)C3)[nH]2)cc1. The van der Waals surface area contributed by atoms with Gasteiger partial charge in [-0.3, -0.25) is 4.79 Å². The summed E-state index contributed by atoms with van der Waals surface area (Å²) in [7, 11) is 0. The Kier molecular flexibility index (Phi) is 5.97. The molecule has 0 bridgehead atoms. The Balaban J connectivity index is 1.36. The van der Waals surface area contributed by atoms with Crippen LogP contribution >= 0.6 is 11.5 Å². The molecule has 9 nitrogen and oxygen atoms in total. The predicted molar refractivity (Wildman–Crippen MR) is 134 cm³/mol. The number of aryl methyl sites for hydroxylation is 2. The van der Waals surface area contributed by atoms with Crippen LogP contribution in [0.1, 0.15) is 46.3 Å². The maximum atomic E-state index is 11.9. The van der Waals surface area contributed by atoms with Gasteiger partial charge in [0.15, 0.2) is 11.5 Å². The summed E-state index contributed by atoms with van der Waals surface area (Å²) in [6, 6.07) is 10.3. The highest BCUT2D eigenvalue weighted by Crippen LogP contribution is 2.31. The quantitative estimate of drug-likeness (QED) is 0.383. The Labute approximate surface area is 201 Å². The van der Waals surface area contributed by atoms with Crippen molar-refractivity contribution < 1.29 is 4.79 Å². The molecule has 4 N–H and O–H groups in total. The highest BCUT2D eigenvalue weighted by molar-refractivity contribution is 7.10. The number of hydrogen-bond acceptors (Lipinski definition) is 8. The molecule has 1 aliphatic heterocycles. The van der Waals surface area contributed by atoms with E-state index in [1.54, 1.807) is 6.20 Å². The molecule has 0 radical (unpaired) electrons. The fourth-order valence-corrected chi connectivity index (χ4v) is 4.83. The minimum absolute atomic E-state index is 0.108. The van der Waals surface area contributed by atoms with E-state index in [0.717, 1.165) is 53.7 Å². The molecule has 1 saturated heterocycles. The monoisotopic (exact) mass is 474 g/mol. The number of aromatic nitrogens is 5. The van der Waals surface area contributed by atoms with Crippen LogP contribution in [-0.2, 0) is 0 Å². The van der Waals surface area contributed by atoms with Crippen molar-refractivity contribution in [2.75, 3.05) is 23.3 Å². The topological polar surface area (TPSA) is 126 Å². The second-order valence-electron chi connectivity index (χ2n) is 8.58. The molecule has 4 heterocycles. The number of aromatic amines is 1. The number of primary amides is 1. The zero-order valence-electron chi connectivity index (χ0n) is 19.1. The smallest absolute Gasteiger partial charge is 0.271 e. The van der Waals surface area contributed by atoms with E-state index < -0.39 is 5.91 Å². The van der Waals surface area contributed by atoms with Crippen LogP contribution in [-0.4, -0.2) is 43.3 Å². The summed E-state index contributed by atoms with van der Waals surface area (Å²) in [5, 5.41) is 3.94. The van der Waals surface area contributed by atoms with E-state index in [1.807, 2.05) is 19.2 Å². The lowest BCUT2D eigenvalue weighted by Gasteiger charge is -2.32. The summed E-state index contributed by atoms with van der Waals surface area (Å²) in [4.78, 5) is 31.3. The van der Waals surface area contributed by atoms with Crippen LogP contribution in [0.15, 0.2) is 42.7 Å². The van der Waals surface area contributed by atoms with E-state index >= 15 is 0 Å². The van der Waals surface area contributed by atoms with E-state index in [4.69, 9.17) is 10.7 Å². The number of nitrogens with one attached hydrogen (secondary N) is 2. The summed E-state index contributed by atoms with van der Waals surface area (Å²) in [5.41, 5.74) is 9.91. The minimum atomic E-state index is -0.626. The van der Waals surface area contributed by atoms with Crippen molar-refractivity contribution in [1.82, 2.24) is 24.3 Å². The summed E-state index contributed by atoms with van der Waals surface area (Å²) >= 11 is 1.30. The van der Waals surface area contributed by atoms with Crippen molar-refractivity contribution >= 4 is 34.1 Å². The Bertz CT molecular complexity index is 1310. The molecule has 4 aromatic rings. The highest BCUT2D eigenvalue weighted by Gasteiger charge is 2.26. The molecule has 1 fully saturated rings. The Morgan fingerprint density at radius 2 is 2.03 bits per heavy atom. The number of H-pyrrole nitrogens is 1. The van der Waals surface area contributed by atoms with E-state index in [1.165, 1.54) is 17.1 Å². The van der Waals surface area contributed by atoms with Crippen molar-refractivity contribution in [2.45, 2.75) is 32.6 Å². The van der Waals surface area contributed by atoms with Crippen LogP contribution in [0.3, 0.4) is 0 Å². The van der Waals surface area contributed by atoms with Gasteiger partial charge in [-0.25, -0.2) is 15.0 Å². The number of hydrogen-bond donors (Lipinski definition) is 3. The lowest BCUT2D eigenvalue weighted by atomic mass is 9.97. The first-order valence-electron chi connectivity index (χ1n) is 11.2. The number of rotatable bonds is 6. The molecule has 0 spiro atoms. The van der Waals surface area contributed by atoms with E-state index in [2.05, 4.69) is 60.7 Å². The third kappa shape index (κ3) is 4.62. The van der Waals surface area contributed by atoms with Crippen LogP contribution in [0.25, 0.3) is 11.3 Å². The number of piperidine rings is 1. The number of nitrogens with zero attached hydrogens (tertiary/aromatic N) is 5. The molecular weight excluding hydrogens is 448 g/mol. The van der Waals surface area contributed by atoms with Gasteiger partial charge in [-0.1, -0.05) is 29.8 Å². The third-order valence-corrected chi connectivity index (χ3v) is 6.75. The fraction of sp³-hybridized carbons (Fsp3) is 0.292. The average Bonchev–Trinajstić information content (AvgIpc) is 3.49. The van der Waals surface area contributed by atoms with E-state index in [0.29, 0.717) is 11.6 Å². The molecule has 1 atom stereocenters. The maximum absolute atomic E-state index is 11.9. The van der Waals surface area contributed by atoms with Gasteiger partial charge in [-0.15, -0.1) is 0 Å². The second-order valence-corrected chi connectivity index (χ2v) is 9.39. The summed E-state index contributed by atoms with van der Waals surface area (Å²) < 4.78 is 4.27. The Morgan fingerprint density at radius 1 is 1.21 bits per heavy atom. The van der Waals surface area contributed by atoms with Crippen LogP contribution in [0, 0.1) is 13.8 Å². The number of anilines is 3. The van der Waals surface area contributed by atoms with Crippen LogP contribution in [0.2, 0.25) is 0 Å². The largest absolute Gasteiger partial charge is 0.364 e. The number of imidazole rings is 1. The maximum Gasteiger partial charge on any atom is 0.271 e. The Hall–Kier alpha value is -3.79. The zero-order chi connectivity index (χ0) is 23.7. The van der Waals surface area contributed by atoms with Crippen molar-refractivity contribution in [2.24, 2.45) is 5.73 Å². The van der Waals surface area contributed by atoms with Crippen LogP contribution in [0.4, 0.5) is 16.6 Å². The number of amides is 1. The summed E-state index contributed by atoms with van der Waals surface area (Å²) in [6.45, 7) is 5.60. The third-order valence-electron chi connectivity index (χ3n) is 5.95. The van der Waals surface area contributed by atoms with Crippen LogP contribution in [0.5, 0.6) is 0 Å². The molecule has 34 heavy (non-hydrogen) atoms. The van der Waals surface area contributed by atoms with Gasteiger partial charge >= 0.3 is 0 Å². The lowest BCUT2D eigenvalue weighted by molar-refractivity contribution is 0.0996. The molecule has 0 aliphatic carbocycles. The fourth-order valence-electron chi connectivity index (χ4n) is 4.17. The molecule has 174 valence electrons. The van der Waals surface area contributed by atoms with Crippen molar-refractivity contribution in [3.8, 4) is 11.3 Å². The van der Waals surface area contributed by atoms with Gasteiger partial charge in [0.25, 0.3) is 5.91 Å². The van der Waals surface area contributed by atoms with Gasteiger partial charge in [0, 0.05) is 19.0 Å². The second kappa shape index (κ2) is 9.22. The van der Waals surface area contributed by atoms with E-state index in [9.17, 15) is 4.79 Å². The van der Waals surface area contributed by atoms with Gasteiger partial charge in [0.05, 0.1) is 23.8 Å². The van der Waals surface area contributed by atoms with Crippen LogP contribution < -0.4 is 16.0 Å². The summed E-state index contributed by atoms with van der Waals surface area (Å²) in [5.74, 6) is 1.63. The first-order valence-corrected chi connectivity index (χ1v) is 12.0. The van der Waals surface area contributed by atoms with Crippen molar-refractivity contribution in [1.29, 1.82) is 0 Å². The average molecular weight is 475 g/mol. The summed E-state index contributed by atoms with van der Waals surface area (Å²) in [6.07, 6.45) is 5.56. The molecule has 5 rings (SSSR count). The van der Waals surface area contributed by atoms with Gasteiger partial charge < -0.3 is 20.9 Å². The molecule has 0 unspecified atom stereocenters. The minimum Gasteiger partial charge on any atom is -0.364 e. The van der Waals surface area contributed by atoms with Gasteiger partial charge in [-0.2, -0.15) is 4.37 Å². The lowest BCUT2D eigenvalue weighted by Crippen LogP contribution is -2.35.